The number of nitrogens with one attached hydrogen (secondary N) is 1. The number of aliphatic hydroxyl groups excluding tert-OH is 1. The Balaban J connectivity index is 1.33. The topological polar surface area (TPSA) is 122 Å². The fourth-order valence-electron chi connectivity index (χ4n) is 4.63. The normalized spacial score (nSPS) is 17.5. The summed E-state index contributed by atoms with van der Waals surface area (Å²) >= 11 is 0. The molecule has 10 nitrogen and oxygen atoms in total. The largest absolute Gasteiger partial charge is 0.395 e. The Morgan fingerprint density at radius 1 is 1.08 bits per heavy atom. The van der Waals surface area contributed by atoms with Crippen LogP contribution >= 0.6 is 0 Å². The molecule has 2 N–H and O–H groups in total. The molecule has 0 bridgehead atoms. The highest BCUT2D eigenvalue weighted by atomic mass is 16.5. The van der Waals surface area contributed by atoms with Gasteiger partial charge >= 0.3 is 0 Å². The van der Waals surface area contributed by atoms with Gasteiger partial charge < -0.3 is 24.6 Å². The number of nitrogens with zero attached hydrogens (tertiary/aromatic N) is 5. The van der Waals surface area contributed by atoms with Gasteiger partial charge in [0.15, 0.2) is 0 Å². The van der Waals surface area contributed by atoms with Crippen molar-refractivity contribution in [1.82, 2.24) is 24.8 Å². The van der Waals surface area contributed by atoms with E-state index in [2.05, 4.69) is 29.0 Å². The maximum absolute atomic E-state index is 12.6. The Kier molecular flexibility index (Phi) is 7.43. The van der Waals surface area contributed by atoms with E-state index in [-0.39, 0.29) is 43.4 Å². The van der Waals surface area contributed by atoms with Crippen LogP contribution in [0.4, 0.5) is 5.82 Å². The second kappa shape index (κ2) is 11.1. The lowest BCUT2D eigenvalue weighted by Crippen LogP contribution is -2.45. The lowest BCUT2D eigenvalue weighted by atomic mass is 10.1. The zero-order chi connectivity index (χ0) is 26.6. The fraction of sp³-hybridized carbons (Fsp3) is 0.321. The summed E-state index contributed by atoms with van der Waals surface area (Å²) < 4.78 is 7.16. The van der Waals surface area contributed by atoms with Crippen LogP contribution < -0.4 is 15.8 Å². The molecule has 1 amide bonds. The van der Waals surface area contributed by atoms with Gasteiger partial charge in [0.1, 0.15) is 5.82 Å². The maximum Gasteiger partial charge on any atom is 0.253 e. The van der Waals surface area contributed by atoms with Crippen molar-refractivity contribution in [3.05, 3.63) is 82.5 Å². The number of hydrogen-bond acceptors (Lipinski definition) is 8. The Hall–Kier alpha value is -4.15. The highest BCUT2D eigenvalue weighted by Crippen LogP contribution is 2.24. The van der Waals surface area contributed by atoms with Gasteiger partial charge in [-0.3, -0.25) is 14.6 Å². The van der Waals surface area contributed by atoms with Crippen molar-refractivity contribution in [2.45, 2.75) is 39.1 Å². The minimum Gasteiger partial charge on any atom is -0.395 e. The molecule has 10 heteroatoms. The van der Waals surface area contributed by atoms with E-state index in [9.17, 15) is 9.59 Å². The third-order valence-corrected chi connectivity index (χ3v) is 6.39. The van der Waals surface area contributed by atoms with Crippen LogP contribution in [0.5, 0.6) is 0 Å². The molecule has 0 unspecified atom stereocenters. The first kappa shape index (κ1) is 25.5. The first-order valence-electron chi connectivity index (χ1n) is 12.6. The maximum atomic E-state index is 12.6. The van der Waals surface area contributed by atoms with Crippen molar-refractivity contribution in [1.29, 1.82) is 0 Å². The van der Waals surface area contributed by atoms with Crippen LogP contribution in [-0.4, -0.2) is 62.4 Å². The molecule has 1 fully saturated rings. The van der Waals surface area contributed by atoms with Gasteiger partial charge in [0, 0.05) is 43.5 Å². The first-order chi connectivity index (χ1) is 18.4. The number of pyridine rings is 4. The zero-order valence-electron chi connectivity index (χ0n) is 21.4. The standard InChI is InChI=1S/C28H30N6O4/c1-18-15-34(16-19(2)38-18)26-5-3-4-23(32-26)24-8-6-20-13-29-22(12-25(20)31-24)14-30-28(37)21-7-9-27(36)33(17-21)10-11-35/h3-9,12-13,17-19,35H,10-11,14-16H2,1-2H3,(H,30,37)/t18-,19+. The number of amides is 1. The number of morpholine rings is 1. The Morgan fingerprint density at radius 2 is 1.87 bits per heavy atom. The van der Waals surface area contributed by atoms with E-state index in [0.717, 1.165) is 41.2 Å². The van der Waals surface area contributed by atoms with Gasteiger partial charge in [-0.25, -0.2) is 9.97 Å². The predicted octanol–water partition coefficient (Wildman–Crippen LogP) is 2.39. The van der Waals surface area contributed by atoms with Crippen LogP contribution in [0.25, 0.3) is 22.3 Å². The second-order valence-electron chi connectivity index (χ2n) is 9.46. The summed E-state index contributed by atoms with van der Waals surface area (Å²) in [6.45, 7) is 5.85. The third-order valence-electron chi connectivity index (χ3n) is 6.39. The third kappa shape index (κ3) is 5.71. The molecule has 1 aliphatic heterocycles. The number of carbonyl (C=O) groups is 1. The minimum absolute atomic E-state index is 0.128. The number of carbonyl (C=O) groups excluding carboxylic acids is 1. The minimum atomic E-state index is -0.340. The lowest BCUT2D eigenvalue weighted by molar-refractivity contribution is -0.00545. The molecular formula is C28H30N6O4. The van der Waals surface area contributed by atoms with Crippen LogP contribution in [0, 0.1) is 0 Å². The van der Waals surface area contributed by atoms with Crippen LogP contribution in [0.15, 0.2) is 65.7 Å². The Labute approximate surface area is 219 Å². The summed E-state index contributed by atoms with van der Waals surface area (Å²) in [5.41, 5.74) is 2.98. The lowest BCUT2D eigenvalue weighted by Gasteiger charge is -2.36. The first-order valence-corrected chi connectivity index (χ1v) is 12.6. The van der Waals surface area contributed by atoms with Gasteiger partial charge in [0.2, 0.25) is 0 Å². The van der Waals surface area contributed by atoms with Gasteiger partial charge in [0.25, 0.3) is 11.5 Å². The molecular weight excluding hydrogens is 484 g/mol. The molecule has 0 radical (unpaired) electrons. The van der Waals surface area contributed by atoms with Crippen molar-refractivity contribution < 1.29 is 14.6 Å². The van der Waals surface area contributed by atoms with Gasteiger partial charge in [-0.05, 0) is 50.2 Å². The predicted molar refractivity (Wildman–Crippen MR) is 144 cm³/mol. The van der Waals surface area contributed by atoms with Gasteiger partial charge in [0.05, 0.1) is 53.5 Å². The molecule has 2 atom stereocenters. The number of rotatable bonds is 7. The van der Waals surface area contributed by atoms with E-state index in [4.69, 9.17) is 19.8 Å². The molecule has 1 aliphatic rings. The van der Waals surface area contributed by atoms with E-state index in [1.54, 1.807) is 6.20 Å². The van der Waals surface area contributed by atoms with Crippen LogP contribution in [0.2, 0.25) is 0 Å². The van der Waals surface area contributed by atoms with E-state index in [1.165, 1.54) is 22.9 Å². The van der Waals surface area contributed by atoms with Crippen molar-refractivity contribution >= 4 is 22.6 Å². The van der Waals surface area contributed by atoms with Crippen molar-refractivity contribution in [3.63, 3.8) is 0 Å². The summed E-state index contributed by atoms with van der Waals surface area (Å²) in [6.07, 6.45) is 3.45. The van der Waals surface area contributed by atoms with Crippen molar-refractivity contribution in [2.24, 2.45) is 0 Å². The molecule has 0 saturated carbocycles. The fourth-order valence-corrected chi connectivity index (χ4v) is 4.63. The number of hydrogen-bond donors (Lipinski definition) is 2. The molecule has 0 spiro atoms. The summed E-state index contributed by atoms with van der Waals surface area (Å²) in [6, 6.07) is 14.5. The molecule has 0 aliphatic carbocycles. The highest BCUT2D eigenvalue weighted by molar-refractivity contribution is 5.93. The number of fused-ring (bicyclic) bond motifs is 1. The van der Waals surface area contributed by atoms with Crippen LogP contribution in [-0.2, 0) is 17.8 Å². The molecule has 5 rings (SSSR count). The summed E-state index contributed by atoms with van der Waals surface area (Å²) in [5, 5.41) is 12.8. The average Bonchev–Trinajstić information content (AvgIpc) is 2.92. The average molecular weight is 515 g/mol. The van der Waals surface area contributed by atoms with Gasteiger partial charge in [-0.15, -0.1) is 0 Å². The summed E-state index contributed by atoms with van der Waals surface area (Å²) in [7, 11) is 0. The molecule has 0 aromatic carbocycles. The molecule has 4 aromatic rings. The highest BCUT2D eigenvalue weighted by Gasteiger charge is 2.23. The van der Waals surface area contributed by atoms with Crippen molar-refractivity contribution in [2.75, 3.05) is 24.6 Å². The molecule has 196 valence electrons. The number of aromatic nitrogens is 4. The Morgan fingerprint density at radius 3 is 2.66 bits per heavy atom. The molecule has 38 heavy (non-hydrogen) atoms. The number of ether oxygens (including phenoxy) is 1. The molecule has 1 saturated heterocycles. The Bertz CT molecular complexity index is 1510. The van der Waals surface area contributed by atoms with E-state index >= 15 is 0 Å². The molecule has 5 heterocycles. The summed E-state index contributed by atoms with van der Waals surface area (Å²) in [5.74, 6) is 0.558. The van der Waals surface area contributed by atoms with Crippen LogP contribution in [0.3, 0.4) is 0 Å². The van der Waals surface area contributed by atoms with Gasteiger partial charge in [-0.1, -0.05) is 6.07 Å². The van der Waals surface area contributed by atoms with E-state index in [0.29, 0.717) is 11.3 Å². The van der Waals surface area contributed by atoms with Crippen LogP contribution in [0.1, 0.15) is 29.9 Å². The SMILES string of the molecule is C[C@@H]1CN(c2cccc(-c3ccc4cnc(CNC(=O)c5ccc(=O)n(CCO)c5)cc4n3)n2)C[C@H](C)O1. The van der Waals surface area contributed by atoms with E-state index in [1.807, 2.05) is 36.4 Å². The van der Waals surface area contributed by atoms with Crippen molar-refractivity contribution in [3.8, 4) is 11.4 Å². The van der Waals surface area contributed by atoms with E-state index < -0.39 is 0 Å². The second-order valence-corrected chi connectivity index (χ2v) is 9.46. The smallest absolute Gasteiger partial charge is 0.253 e. The summed E-state index contributed by atoms with van der Waals surface area (Å²) in [4.78, 5) is 40.9. The van der Waals surface area contributed by atoms with Gasteiger partial charge in [-0.2, -0.15) is 0 Å². The number of anilines is 1. The molecule has 4 aromatic heterocycles. The monoisotopic (exact) mass is 514 g/mol. The quantitative estimate of drug-likeness (QED) is 0.386. The number of aliphatic hydroxyl groups is 1. The zero-order valence-corrected chi connectivity index (χ0v) is 21.4.